The van der Waals surface area contributed by atoms with Crippen molar-refractivity contribution in [3.63, 3.8) is 0 Å². The number of amides is 2. The Balaban J connectivity index is 1.48. The van der Waals surface area contributed by atoms with Crippen LogP contribution in [0.2, 0.25) is 0 Å². The van der Waals surface area contributed by atoms with Gasteiger partial charge in [0, 0.05) is 37.4 Å². The highest BCUT2D eigenvalue weighted by Gasteiger charge is 2.31. The summed E-state index contributed by atoms with van der Waals surface area (Å²) in [5.74, 6) is -0.120. The van der Waals surface area contributed by atoms with Gasteiger partial charge in [0.15, 0.2) is 0 Å². The monoisotopic (exact) mass is 499 g/mol. The lowest BCUT2D eigenvalue weighted by Gasteiger charge is -2.35. The second-order valence-corrected chi connectivity index (χ2v) is 12.0. The zero-order chi connectivity index (χ0) is 25.2. The summed E-state index contributed by atoms with van der Waals surface area (Å²) in [5, 5.41) is -0.334. The highest BCUT2D eigenvalue weighted by atomic mass is 32.2. The first kappa shape index (κ1) is 25.0. The van der Waals surface area contributed by atoms with Crippen molar-refractivity contribution in [2.75, 3.05) is 30.9 Å². The van der Waals surface area contributed by atoms with Crippen LogP contribution in [0.15, 0.2) is 48.5 Å². The van der Waals surface area contributed by atoms with Crippen LogP contribution in [0.1, 0.15) is 50.4 Å². The Labute approximate surface area is 207 Å². The number of anilines is 1. The third-order valence-corrected chi connectivity index (χ3v) is 8.17. The van der Waals surface area contributed by atoms with Gasteiger partial charge < -0.3 is 14.5 Å². The maximum atomic E-state index is 13.4. The highest BCUT2D eigenvalue weighted by molar-refractivity contribution is 7.93. The predicted octanol–water partition coefficient (Wildman–Crippen LogP) is 4.34. The largest absolute Gasteiger partial charge is 0.444 e. The van der Waals surface area contributed by atoms with Gasteiger partial charge in [-0.25, -0.2) is 13.2 Å². The Morgan fingerprint density at radius 3 is 2.23 bits per heavy atom. The highest BCUT2D eigenvalue weighted by Crippen LogP contribution is 2.30. The normalized spacial score (nSPS) is 17.0. The summed E-state index contributed by atoms with van der Waals surface area (Å²) >= 11 is 0. The molecule has 0 atom stereocenters. The van der Waals surface area contributed by atoms with Gasteiger partial charge in [0.2, 0.25) is 10.0 Å². The molecule has 1 saturated carbocycles. The number of hydrogen-bond donors (Lipinski definition) is 1. The summed E-state index contributed by atoms with van der Waals surface area (Å²) < 4.78 is 33.2. The molecule has 4 rings (SSSR count). The van der Waals surface area contributed by atoms with E-state index in [2.05, 4.69) is 4.72 Å². The molecule has 35 heavy (non-hydrogen) atoms. The molecule has 0 radical (unpaired) electrons. The lowest BCUT2D eigenvalue weighted by molar-refractivity contribution is 0.0141. The molecule has 0 unspecified atom stereocenters. The van der Waals surface area contributed by atoms with Crippen LogP contribution < -0.4 is 4.72 Å². The number of piperazine rings is 1. The van der Waals surface area contributed by atoms with Crippen molar-refractivity contribution in [2.45, 2.75) is 50.9 Å². The lowest BCUT2D eigenvalue weighted by atomic mass is 9.98. The fourth-order valence-corrected chi connectivity index (χ4v) is 5.77. The minimum atomic E-state index is -3.41. The van der Waals surface area contributed by atoms with E-state index in [1.807, 2.05) is 45.0 Å². The topological polar surface area (TPSA) is 96.0 Å². The first-order valence-corrected chi connectivity index (χ1v) is 13.6. The van der Waals surface area contributed by atoms with Crippen LogP contribution in [-0.2, 0) is 14.8 Å². The van der Waals surface area contributed by atoms with E-state index in [4.69, 9.17) is 4.74 Å². The molecule has 2 aliphatic rings. The van der Waals surface area contributed by atoms with E-state index in [9.17, 15) is 18.0 Å². The van der Waals surface area contributed by atoms with E-state index in [-0.39, 0.29) is 17.3 Å². The van der Waals surface area contributed by atoms with Crippen molar-refractivity contribution in [1.29, 1.82) is 0 Å². The Morgan fingerprint density at radius 2 is 1.60 bits per heavy atom. The van der Waals surface area contributed by atoms with Crippen molar-refractivity contribution in [3.05, 3.63) is 54.1 Å². The average Bonchev–Trinajstić information content (AvgIpc) is 2.76. The summed E-state index contributed by atoms with van der Waals surface area (Å²) in [5.41, 5.74) is 1.95. The second kappa shape index (κ2) is 9.89. The van der Waals surface area contributed by atoms with E-state index in [0.29, 0.717) is 50.3 Å². The minimum absolute atomic E-state index is 0.120. The van der Waals surface area contributed by atoms with Gasteiger partial charge in [-0.2, -0.15) is 0 Å². The van der Waals surface area contributed by atoms with E-state index >= 15 is 0 Å². The smallest absolute Gasteiger partial charge is 0.410 e. The predicted molar refractivity (Wildman–Crippen MR) is 136 cm³/mol. The molecular formula is C26H33N3O5S. The first-order valence-electron chi connectivity index (χ1n) is 12.0. The molecule has 9 heteroatoms. The molecule has 1 aliphatic carbocycles. The van der Waals surface area contributed by atoms with Gasteiger partial charge in [0.05, 0.1) is 5.25 Å². The molecule has 2 aromatic carbocycles. The molecule has 0 bridgehead atoms. The van der Waals surface area contributed by atoms with Crippen molar-refractivity contribution in [1.82, 2.24) is 9.80 Å². The Morgan fingerprint density at radius 1 is 0.943 bits per heavy atom. The van der Waals surface area contributed by atoms with Crippen molar-refractivity contribution < 1.29 is 22.7 Å². The molecule has 0 aromatic heterocycles. The summed E-state index contributed by atoms with van der Waals surface area (Å²) in [6.45, 7) is 7.11. The zero-order valence-electron chi connectivity index (χ0n) is 20.5. The first-order chi connectivity index (χ1) is 16.5. The molecule has 8 nitrogen and oxygen atoms in total. The maximum Gasteiger partial charge on any atom is 0.410 e. The minimum Gasteiger partial charge on any atom is -0.444 e. The molecular weight excluding hydrogens is 466 g/mol. The van der Waals surface area contributed by atoms with Crippen molar-refractivity contribution in [3.8, 4) is 11.1 Å². The summed E-state index contributed by atoms with van der Waals surface area (Å²) in [7, 11) is -3.41. The van der Waals surface area contributed by atoms with Crippen LogP contribution in [0.5, 0.6) is 0 Å². The molecule has 2 amide bonds. The van der Waals surface area contributed by atoms with Crippen LogP contribution in [0.4, 0.5) is 10.5 Å². The third kappa shape index (κ3) is 5.96. The molecule has 2 fully saturated rings. The standard InChI is InChI=1S/C26H33N3O5S/c1-26(2,3)34-25(31)29-16-14-28(15-17-29)24(30)23-13-5-4-12-22(23)19-8-6-9-20(18-19)27-35(32,33)21-10-7-11-21/h4-6,8-9,12-13,18,21,27H,7,10-11,14-17H2,1-3H3. The quantitative estimate of drug-likeness (QED) is 0.660. The van der Waals surface area contributed by atoms with Crippen LogP contribution >= 0.6 is 0 Å². The molecule has 1 saturated heterocycles. The van der Waals surface area contributed by atoms with Gasteiger partial charge in [0.1, 0.15) is 5.60 Å². The van der Waals surface area contributed by atoms with Gasteiger partial charge in [-0.15, -0.1) is 0 Å². The van der Waals surface area contributed by atoms with Crippen LogP contribution in [-0.4, -0.2) is 67.2 Å². The molecule has 0 spiro atoms. The number of sulfonamides is 1. The number of carbonyl (C=O) groups is 2. The second-order valence-electron chi connectivity index (χ2n) is 10.1. The van der Waals surface area contributed by atoms with Crippen LogP contribution in [0, 0.1) is 0 Å². The summed E-state index contributed by atoms with van der Waals surface area (Å²) in [6.07, 6.45) is 1.94. The summed E-state index contributed by atoms with van der Waals surface area (Å²) in [6, 6.07) is 14.5. The molecule has 2 aromatic rings. The number of carbonyl (C=O) groups excluding carboxylic acids is 2. The Kier molecular flexibility index (Phi) is 7.07. The van der Waals surface area contributed by atoms with Gasteiger partial charge in [0.25, 0.3) is 5.91 Å². The van der Waals surface area contributed by atoms with Crippen molar-refractivity contribution in [2.24, 2.45) is 0 Å². The molecule has 188 valence electrons. The zero-order valence-corrected chi connectivity index (χ0v) is 21.3. The third-order valence-electron chi connectivity index (χ3n) is 6.30. The number of hydrogen-bond acceptors (Lipinski definition) is 5. The number of rotatable bonds is 5. The number of ether oxygens (including phenoxy) is 1. The average molecular weight is 500 g/mol. The van der Waals surface area contributed by atoms with Gasteiger partial charge in [-0.05, 0) is 62.9 Å². The molecule has 1 N–H and O–H groups in total. The van der Waals surface area contributed by atoms with Gasteiger partial charge in [-0.1, -0.05) is 36.8 Å². The Hall–Kier alpha value is -3.07. The van der Waals surface area contributed by atoms with Gasteiger partial charge in [-0.3, -0.25) is 9.52 Å². The van der Waals surface area contributed by atoms with E-state index < -0.39 is 15.6 Å². The van der Waals surface area contributed by atoms with Crippen LogP contribution in [0.25, 0.3) is 11.1 Å². The van der Waals surface area contributed by atoms with Crippen LogP contribution in [0.3, 0.4) is 0 Å². The summed E-state index contributed by atoms with van der Waals surface area (Å²) in [4.78, 5) is 29.1. The number of benzene rings is 2. The van der Waals surface area contributed by atoms with E-state index in [1.165, 1.54) is 0 Å². The Bertz CT molecular complexity index is 1190. The fraction of sp³-hybridized carbons (Fsp3) is 0.462. The SMILES string of the molecule is CC(C)(C)OC(=O)N1CCN(C(=O)c2ccccc2-c2cccc(NS(=O)(=O)C3CCC3)c2)CC1. The van der Waals surface area contributed by atoms with E-state index in [1.54, 1.807) is 34.1 Å². The lowest BCUT2D eigenvalue weighted by Crippen LogP contribution is -2.51. The fourth-order valence-electron chi connectivity index (χ4n) is 4.19. The van der Waals surface area contributed by atoms with E-state index in [0.717, 1.165) is 17.5 Å². The molecule has 1 heterocycles. The number of nitrogens with one attached hydrogen (secondary N) is 1. The molecule has 1 aliphatic heterocycles. The maximum absolute atomic E-state index is 13.4. The number of nitrogens with zero attached hydrogens (tertiary/aromatic N) is 2. The van der Waals surface area contributed by atoms with Gasteiger partial charge >= 0.3 is 6.09 Å². The van der Waals surface area contributed by atoms with Crippen molar-refractivity contribution >= 4 is 27.7 Å².